The third-order valence-electron chi connectivity index (χ3n) is 3.81. The Kier molecular flexibility index (Phi) is 8.62. The number of aliphatic imine (C=N–C) groups is 1. The van der Waals surface area contributed by atoms with Crippen LogP contribution in [0.5, 0.6) is 0 Å². The largest absolute Gasteiger partial charge is 0.379 e. The summed E-state index contributed by atoms with van der Waals surface area (Å²) < 4.78 is 5.44. The van der Waals surface area contributed by atoms with Crippen molar-refractivity contribution >= 4 is 5.96 Å². The zero-order valence-corrected chi connectivity index (χ0v) is 13.6. The fraction of sp³-hybridized carbons (Fsp3) is 0.933. The molecule has 1 unspecified atom stereocenters. The molecule has 0 aromatic carbocycles. The molecule has 20 heavy (non-hydrogen) atoms. The molecule has 1 aliphatic rings. The summed E-state index contributed by atoms with van der Waals surface area (Å²) in [4.78, 5) is 6.82. The van der Waals surface area contributed by atoms with Gasteiger partial charge in [-0.3, -0.25) is 9.89 Å². The molecule has 0 aliphatic carbocycles. The quantitative estimate of drug-likeness (QED) is 0.420. The van der Waals surface area contributed by atoms with Crippen molar-refractivity contribution in [3.8, 4) is 0 Å². The first kappa shape index (κ1) is 17.2. The molecule has 5 nitrogen and oxygen atoms in total. The predicted molar refractivity (Wildman–Crippen MR) is 85.3 cm³/mol. The summed E-state index contributed by atoms with van der Waals surface area (Å²) in [7, 11) is 1.83. The van der Waals surface area contributed by atoms with Crippen LogP contribution < -0.4 is 10.6 Å². The van der Waals surface area contributed by atoms with Crippen molar-refractivity contribution in [2.45, 2.75) is 39.7 Å². The lowest BCUT2D eigenvalue weighted by Crippen LogP contribution is -2.52. The smallest absolute Gasteiger partial charge is 0.191 e. The summed E-state index contributed by atoms with van der Waals surface area (Å²) in [6, 6.07) is 0.531. The number of ether oxygens (including phenoxy) is 1. The van der Waals surface area contributed by atoms with Crippen molar-refractivity contribution < 1.29 is 4.74 Å². The molecule has 1 heterocycles. The molecule has 1 saturated heterocycles. The van der Waals surface area contributed by atoms with Crippen LogP contribution in [0, 0.1) is 5.92 Å². The van der Waals surface area contributed by atoms with Crippen molar-refractivity contribution in [2.24, 2.45) is 10.9 Å². The maximum absolute atomic E-state index is 5.44. The van der Waals surface area contributed by atoms with Gasteiger partial charge in [-0.1, -0.05) is 27.2 Å². The van der Waals surface area contributed by atoms with Gasteiger partial charge in [0.2, 0.25) is 0 Å². The second kappa shape index (κ2) is 10.00. The van der Waals surface area contributed by atoms with Gasteiger partial charge in [0, 0.05) is 39.3 Å². The van der Waals surface area contributed by atoms with Crippen LogP contribution in [0.2, 0.25) is 0 Å². The topological polar surface area (TPSA) is 48.9 Å². The molecule has 1 atom stereocenters. The third-order valence-corrected chi connectivity index (χ3v) is 3.81. The van der Waals surface area contributed by atoms with Gasteiger partial charge in [-0.2, -0.15) is 0 Å². The molecule has 0 radical (unpaired) electrons. The van der Waals surface area contributed by atoms with Crippen LogP contribution in [0.25, 0.3) is 0 Å². The second-order valence-corrected chi connectivity index (χ2v) is 5.69. The van der Waals surface area contributed by atoms with Gasteiger partial charge in [-0.25, -0.2) is 0 Å². The van der Waals surface area contributed by atoms with E-state index in [4.69, 9.17) is 4.74 Å². The van der Waals surface area contributed by atoms with Crippen LogP contribution in [0.15, 0.2) is 4.99 Å². The van der Waals surface area contributed by atoms with Crippen LogP contribution >= 0.6 is 0 Å². The lowest BCUT2D eigenvalue weighted by Gasteiger charge is -2.37. The molecule has 0 aromatic rings. The van der Waals surface area contributed by atoms with E-state index in [9.17, 15) is 0 Å². The highest BCUT2D eigenvalue weighted by atomic mass is 16.5. The molecule has 1 rings (SSSR count). The number of nitrogens with zero attached hydrogens (tertiary/aromatic N) is 2. The fourth-order valence-electron chi connectivity index (χ4n) is 2.50. The summed E-state index contributed by atoms with van der Waals surface area (Å²) in [6.45, 7) is 12.5. The monoisotopic (exact) mass is 284 g/mol. The Morgan fingerprint density at radius 2 is 1.95 bits per heavy atom. The average molecular weight is 284 g/mol. The van der Waals surface area contributed by atoms with E-state index in [1.54, 1.807) is 0 Å². The molecule has 118 valence electrons. The molecule has 0 aromatic heterocycles. The van der Waals surface area contributed by atoms with Crippen molar-refractivity contribution in [3.05, 3.63) is 0 Å². The van der Waals surface area contributed by atoms with Gasteiger partial charge in [0.1, 0.15) is 0 Å². The van der Waals surface area contributed by atoms with E-state index in [1.165, 1.54) is 12.8 Å². The maximum atomic E-state index is 5.44. The number of unbranched alkanes of at least 4 members (excludes halogenated alkanes) is 1. The van der Waals surface area contributed by atoms with Crippen molar-refractivity contribution in [1.29, 1.82) is 0 Å². The van der Waals surface area contributed by atoms with Crippen molar-refractivity contribution in [3.63, 3.8) is 0 Å². The minimum Gasteiger partial charge on any atom is -0.379 e. The molecular weight excluding hydrogens is 252 g/mol. The predicted octanol–water partition coefficient (Wildman–Crippen LogP) is 1.31. The van der Waals surface area contributed by atoms with Gasteiger partial charge in [-0.15, -0.1) is 0 Å². The Morgan fingerprint density at radius 1 is 1.25 bits per heavy atom. The number of guanidine groups is 1. The zero-order chi connectivity index (χ0) is 14.8. The summed E-state index contributed by atoms with van der Waals surface area (Å²) in [5.74, 6) is 1.53. The minimum absolute atomic E-state index is 0.531. The van der Waals surface area contributed by atoms with E-state index < -0.39 is 0 Å². The SMILES string of the molecule is CCCCNC(=NC)NCC(C(C)C)N1CCOCC1. The van der Waals surface area contributed by atoms with Crippen LogP contribution in [0.4, 0.5) is 0 Å². The Balaban J connectivity index is 2.40. The van der Waals surface area contributed by atoms with Gasteiger partial charge in [0.15, 0.2) is 5.96 Å². The standard InChI is InChI=1S/C15H32N4O/c1-5-6-7-17-15(16-4)18-12-14(13(2)3)19-8-10-20-11-9-19/h13-14H,5-12H2,1-4H3,(H2,16,17,18). The van der Waals surface area contributed by atoms with E-state index >= 15 is 0 Å². The number of hydrogen-bond donors (Lipinski definition) is 2. The fourth-order valence-corrected chi connectivity index (χ4v) is 2.50. The van der Waals surface area contributed by atoms with Gasteiger partial charge in [-0.05, 0) is 12.3 Å². The molecular formula is C15H32N4O. The molecule has 2 N–H and O–H groups in total. The number of morpholine rings is 1. The molecule has 0 amide bonds. The van der Waals surface area contributed by atoms with E-state index in [2.05, 4.69) is 41.3 Å². The van der Waals surface area contributed by atoms with Crippen molar-refractivity contribution in [1.82, 2.24) is 15.5 Å². The van der Waals surface area contributed by atoms with E-state index in [1.807, 2.05) is 7.05 Å². The van der Waals surface area contributed by atoms with E-state index in [0.29, 0.717) is 12.0 Å². The lowest BCUT2D eigenvalue weighted by molar-refractivity contribution is 0.00752. The summed E-state index contributed by atoms with van der Waals surface area (Å²) in [5.41, 5.74) is 0. The Labute approximate surface area is 124 Å². The number of nitrogens with one attached hydrogen (secondary N) is 2. The molecule has 1 fully saturated rings. The first-order chi connectivity index (χ1) is 9.69. The summed E-state index contributed by atoms with van der Waals surface area (Å²) in [5, 5.41) is 6.83. The summed E-state index contributed by atoms with van der Waals surface area (Å²) in [6.07, 6.45) is 2.38. The van der Waals surface area contributed by atoms with Crippen LogP contribution in [0.3, 0.4) is 0 Å². The number of hydrogen-bond acceptors (Lipinski definition) is 3. The van der Waals surface area contributed by atoms with Crippen LogP contribution in [-0.2, 0) is 4.74 Å². The van der Waals surface area contributed by atoms with Gasteiger partial charge >= 0.3 is 0 Å². The minimum atomic E-state index is 0.531. The molecule has 0 bridgehead atoms. The van der Waals surface area contributed by atoms with Crippen LogP contribution in [-0.4, -0.2) is 63.3 Å². The van der Waals surface area contributed by atoms with Gasteiger partial charge < -0.3 is 15.4 Å². The lowest BCUT2D eigenvalue weighted by atomic mass is 10.0. The molecule has 1 aliphatic heterocycles. The molecule has 0 spiro atoms. The Bertz CT molecular complexity index is 275. The number of rotatable bonds is 7. The van der Waals surface area contributed by atoms with E-state index in [-0.39, 0.29) is 0 Å². The summed E-state index contributed by atoms with van der Waals surface area (Å²) >= 11 is 0. The maximum Gasteiger partial charge on any atom is 0.191 e. The Hall–Kier alpha value is -0.810. The second-order valence-electron chi connectivity index (χ2n) is 5.69. The van der Waals surface area contributed by atoms with Gasteiger partial charge in [0.25, 0.3) is 0 Å². The highest BCUT2D eigenvalue weighted by molar-refractivity contribution is 5.79. The first-order valence-electron chi connectivity index (χ1n) is 7.95. The molecule has 5 heteroatoms. The highest BCUT2D eigenvalue weighted by Crippen LogP contribution is 2.12. The van der Waals surface area contributed by atoms with E-state index in [0.717, 1.165) is 45.4 Å². The third kappa shape index (κ3) is 6.09. The average Bonchev–Trinajstić information content (AvgIpc) is 2.46. The zero-order valence-electron chi connectivity index (χ0n) is 13.6. The molecule has 0 saturated carbocycles. The van der Waals surface area contributed by atoms with Crippen LogP contribution in [0.1, 0.15) is 33.6 Å². The normalized spacial score (nSPS) is 19.1. The first-order valence-corrected chi connectivity index (χ1v) is 7.95. The highest BCUT2D eigenvalue weighted by Gasteiger charge is 2.23. The Morgan fingerprint density at radius 3 is 2.50 bits per heavy atom. The van der Waals surface area contributed by atoms with Crippen molar-refractivity contribution in [2.75, 3.05) is 46.4 Å². The van der Waals surface area contributed by atoms with Gasteiger partial charge in [0.05, 0.1) is 13.2 Å².